The minimum atomic E-state index is -0.259. The highest BCUT2D eigenvalue weighted by Gasteiger charge is 2.06. The van der Waals surface area contributed by atoms with Crippen molar-refractivity contribution in [1.82, 2.24) is 0 Å². The standard InChI is InChI=1S/C16H11FO/c17-14-8-4-7-13(11-14)16-10-9-15(18-16)12-5-2-1-3-6-12/h1-11H. The number of hydrogen-bond acceptors (Lipinski definition) is 1. The summed E-state index contributed by atoms with van der Waals surface area (Å²) in [6.07, 6.45) is 0. The van der Waals surface area contributed by atoms with Crippen LogP contribution in [0.2, 0.25) is 0 Å². The van der Waals surface area contributed by atoms with Gasteiger partial charge >= 0.3 is 0 Å². The van der Waals surface area contributed by atoms with Crippen LogP contribution in [-0.2, 0) is 0 Å². The summed E-state index contributed by atoms with van der Waals surface area (Å²) in [4.78, 5) is 0. The Morgan fingerprint density at radius 1 is 0.667 bits per heavy atom. The molecule has 0 aliphatic heterocycles. The van der Waals surface area contributed by atoms with Crippen LogP contribution >= 0.6 is 0 Å². The van der Waals surface area contributed by atoms with Crippen LogP contribution in [0.3, 0.4) is 0 Å². The predicted octanol–water partition coefficient (Wildman–Crippen LogP) is 4.75. The zero-order valence-corrected chi connectivity index (χ0v) is 9.64. The van der Waals surface area contributed by atoms with Crippen LogP contribution in [0.4, 0.5) is 4.39 Å². The third kappa shape index (κ3) is 2.05. The van der Waals surface area contributed by atoms with E-state index in [1.165, 1.54) is 12.1 Å². The van der Waals surface area contributed by atoms with Crippen molar-refractivity contribution in [3.8, 4) is 22.6 Å². The third-order valence-corrected chi connectivity index (χ3v) is 2.77. The minimum Gasteiger partial charge on any atom is -0.456 e. The maximum Gasteiger partial charge on any atom is 0.134 e. The second kappa shape index (κ2) is 4.49. The highest BCUT2D eigenvalue weighted by molar-refractivity contribution is 5.64. The molecule has 1 heterocycles. The molecular formula is C16H11FO. The molecule has 0 amide bonds. The molecule has 0 fully saturated rings. The molecule has 0 aliphatic rings. The second-order valence-corrected chi connectivity index (χ2v) is 4.04. The summed E-state index contributed by atoms with van der Waals surface area (Å²) in [6, 6.07) is 20.0. The average molecular weight is 238 g/mol. The van der Waals surface area contributed by atoms with Gasteiger partial charge in [-0.15, -0.1) is 0 Å². The zero-order chi connectivity index (χ0) is 12.4. The van der Waals surface area contributed by atoms with Gasteiger partial charge in [0, 0.05) is 11.1 Å². The van der Waals surface area contributed by atoms with E-state index in [0.717, 1.165) is 16.9 Å². The molecule has 0 aliphatic carbocycles. The number of hydrogen-bond donors (Lipinski definition) is 0. The molecule has 0 radical (unpaired) electrons. The quantitative estimate of drug-likeness (QED) is 0.627. The Bertz CT molecular complexity index is 656. The number of rotatable bonds is 2. The van der Waals surface area contributed by atoms with Crippen LogP contribution in [0.1, 0.15) is 0 Å². The van der Waals surface area contributed by atoms with Gasteiger partial charge in [0.25, 0.3) is 0 Å². The van der Waals surface area contributed by atoms with Gasteiger partial charge in [-0.2, -0.15) is 0 Å². The summed E-state index contributed by atoms with van der Waals surface area (Å²) in [7, 11) is 0. The van der Waals surface area contributed by atoms with Gasteiger partial charge < -0.3 is 4.42 Å². The fourth-order valence-corrected chi connectivity index (χ4v) is 1.89. The predicted molar refractivity (Wildman–Crippen MR) is 69.5 cm³/mol. The maximum atomic E-state index is 13.1. The summed E-state index contributed by atoms with van der Waals surface area (Å²) < 4.78 is 18.9. The van der Waals surface area contributed by atoms with Crippen molar-refractivity contribution in [2.45, 2.75) is 0 Å². The normalized spacial score (nSPS) is 10.5. The van der Waals surface area contributed by atoms with Crippen LogP contribution in [0.5, 0.6) is 0 Å². The Morgan fingerprint density at radius 3 is 2.06 bits per heavy atom. The van der Waals surface area contributed by atoms with Crippen LogP contribution in [0, 0.1) is 5.82 Å². The van der Waals surface area contributed by atoms with Gasteiger partial charge in [0.1, 0.15) is 17.3 Å². The minimum absolute atomic E-state index is 0.259. The summed E-state index contributed by atoms with van der Waals surface area (Å²) in [6.45, 7) is 0. The van der Waals surface area contributed by atoms with Gasteiger partial charge in [-0.3, -0.25) is 0 Å². The zero-order valence-electron chi connectivity index (χ0n) is 9.64. The molecule has 0 spiro atoms. The van der Waals surface area contributed by atoms with Gasteiger partial charge in [-0.1, -0.05) is 42.5 Å². The molecule has 3 aromatic rings. The first kappa shape index (κ1) is 10.8. The molecule has 1 nitrogen and oxygen atoms in total. The van der Waals surface area contributed by atoms with E-state index in [4.69, 9.17) is 4.42 Å². The molecule has 3 rings (SSSR count). The van der Waals surface area contributed by atoms with E-state index in [9.17, 15) is 4.39 Å². The summed E-state index contributed by atoms with van der Waals surface area (Å²) >= 11 is 0. The number of furan rings is 1. The lowest BCUT2D eigenvalue weighted by Crippen LogP contribution is -1.76. The van der Waals surface area contributed by atoms with Crippen molar-refractivity contribution < 1.29 is 8.81 Å². The highest BCUT2D eigenvalue weighted by atomic mass is 19.1. The first-order valence-electron chi connectivity index (χ1n) is 5.74. The molecular weight excluding hydrogens is 227 g/mol. The molecule has 2 aromatic carbocycles. The van der Waals surface area contributed by atoms with E-state index in [1.54, 1.807) is 6.07 Å². The molecule has 0 N–H and O–H groups in total. The van der Waals surface area contributed by atoms with Gasteiger partial charge in [-0.25, -0.2) is 4.39 Å². The van der Waals surface area contributed by atoms with Gasteiger partial charge in [0.15, 0.2) is 0 Å². The monoisotopic (exact) mass is 238 g/mol. The van der Waals surface area contributed by atoms with Crippen LogP contribution in [0.25, 0.3) is 22.6 Å². The summed E-state index contributed by atoms with van der Waals surface area (Å²) in [5.41, 5.74) is 1.76. The molecule has 88 valence electrons. The fraction of sp³-hybridized carbons (Fsp3) is 0. The number of halogens is 1. The average Bonchev–Trinajstić information content (AvgIpc) is 2.89. The van der Waals surface area contributed by atoms with E-state index in [0.29, 0.717) is 5.76 Å². The lowest BCUT2D eigenvalue weighted by atomic mass is 10.1. The molecule has 2 heteroatoms. The third-order valence-electron chi connectivity index (χ3n) is 2.77. The fourth-order valence-electron chi connectivity index (χ4n) is 1.89. The molecule has 0 atom stereocenters. The van der Waals surface area contributed by atoms with Crippen LogP contribution < -0.4 is 0 Å². The Kier molecular flexibility index (Phi) is 2.69. The van der Waals surface area contributed by atoms with E-state index in [2.05, 4.69) is 0 Å². The van der Waals surface area contributed by atoms with Crippen molar-refractivity contribution in [3.63, 3.8) is 0 Å². The Morgan fingerprint density at radius 2 is 1.33 bits per heavy atom. The summed E-state index contributed by atoms with van der Waals surface area (Å²) in [5.74, 6) is 1.20. The van der Waals surface area contributed by atoms with Gasteiger partial charge in [0.2, 0.25) is 0 Å². The topological polar surface area (TPSA) is 13.1 Å². The largest absolute Gasteiger partial charge is 0.456 e. The van der Waals surface area contributed by atoms with E-state index < -0.39 is 0 Å². The number of benzene rings is 2. The second-order valence-electron chi connectivity index (χ2n) is 4.04. The van der Waals surface area contributed by atoms with Gasteiger partial charge in [0.05, 0.1) is 0 Å². The smallest absolute Gasteiger partial charge is 0.134 e. The van der Waals surface area contributed by atoms with E-state index >= 15 is 0 Å². The highest BCUT2D eigenvalue weighted by Crippen LogP contribution is 2.28. The molecule has 0 bridgehead atoms. The SMILES string of the molecule is Fc1cccc(-c2ccc(-c3ccccc3)o2)c1. The van der Waals surface area contributed by atoms with Crippen LogP contribution in [0.15, 0.2) is 71.1 Å². The Labute approximate surface area is 105 Å². The first-order valence-corrected chi connectivity index (χ1v) is 5.74. The van der Waals surface area contributed by atoms with Crippen LogP contribution in [-0.4, -0.2) is 0 Å². The van der Waals surface area contributed by atoms with Crippen molar-refractivity contribution in [2.24, 2.45) is 0 Å². The molecule has 0 saturated carbocycles. The molecule has 0 unspecified atom stereocenters. The van der Waals surface area contributed by atoms with Crippen molar-refractivity contribution in [3.05, 3.63) is 72.5 Å². The van der Waals surface area contributed by atoms with E-state index in [1.807, 2.05) is 48.5 Å². The van der Waals surface area contributed by atoms with Crippen molar-refractivity contribution in [2.75, 3.05) is 0 Å². The molecule has 18 heavy (non-hydrogen) atoms. The van der Waals surface area contributed by atoms with Gasteiger partial charge in [-0.05, 0) is 24.3 Å². The lowest BCUT2D eigenvalue weighted by molar-refractivity contribution is 0.594. The Hall–Kier alpha value is -2.35. The van der Waals surface area contributed by atoms with Crippen molar-refractivity contribution >= 4 is 0 Å². The summed E-state index contributed by atoms with van der Waals surface area (Å²) in [5, 5.41) is 0. The Balaban J connectivity index is 2.00. The lowest BCUT2D eigenvalue weighted by Gasteiger charge is -1.98. The molecule has 0 saturated heterocycles. The molecule has 1 aromatic heterocycles. The first-order chi connectivity index (χ1) is 8.83. The van der Waals surface area contributed by atoms with Crippen molar-refractivity contribution in [1.29, 1.82) is 0 Å². The van der Waals surface area contributed by atoms with E-state index in [-0.39, 0.29) is 5.82 Å². The maximum absolute atomic E-state index is 13.1.